The highest BCUT2D eigenvalue weighted by atomic mass is 32.2. The number of aryl methyl sites for hydroxylation is 3. The third-order valence-electron chi connectivity index (χ3n) is 13.2. The normalized spacial score (nSPS) is 19.2. The van der Waals surface area contributed by atoms with E-state index in [1.165, 1.54) is 11.0 Å². The summed E-state index contributed by atoms with van der Waals surface area (Å²) in [5, 5.41) is 46.3. The molecule has 0 aliphatic carbocycles. The maximum Gasteiger partial charge on any atom is 0.335 e. The first-order valence-electron chi connectivity index (χ1n) is 26.0. The standard InChI is InChI=1S/C56H65N5O18S/c1-34-6-14-41(15-7-34)80(72,73)33-43-36(3)77-53(59-43)40-12-10-39(11-13-40)44(62)16-8-37-5-4-21-60(31-37)32-38-9-17-45(78-56-51(68)49(66)50(67)52(79-56)55(70)71)42(30-38)58-47(64)18-20-57-46(63)19-23-74-25-27-76-28-26-75-24-22-61-48(65)29-35(2)54(61)69/h4-7,9-15,17,21,30-31,35,49-52,56,66-68H,8,16,18-20,22-29,32-33H2,1-3H3,(H2-,57,58,63,64,70,71)/p+1/t35?,49-,50-,51+,52-,56+/m0/s1. The molecular formula is C56H66N5O18S+. The van der Waals surface area contributed by atoms with Crippen LogP contribution in [0.5, 0.6) is 5.75 Å². The van der Waals surface area contributed by atoms with Crippen molar-refractivity contribution in [1.29, 1.82) is 0 Å². The zero-order chi connectivity index (χ0) is 57.5. The van der Waals surface area contributed by atoms with Crippen LogP contribution in [0.4, 0.5) is 5.69 Å². The highest BCUT2D eigenvalue weighted by Crippen LogP contribution is 2.32. The van der Waals surface area contributed by atoms with Crippen molar-refractivity contribution in [2.24, 2.45) is 5.92 Å². The molecule has 428 valence electrons. The van der Waals surface area contributed by atoms with Crippen molar-refractivity contribution < 1.29 is 90.3 Å². The van der Waals surface area contributed by atoms with E-state index in [1.807, 2.05) is 29.8 Å². The number of imide groups is 1. The van der Waals surface area contributed by atoms with Crippen molar-refractivity contribution in [3.63, 3.8) is 0 Å². The molecule has 0 radical (unpaired) electrons. The summed E-state index contributed by atoms with van der Waals surface area (Å²) in [5.41, 5.74) is 3.83. The molecule has 7 rings (SSSR count). The number of carbonyl (C=O) groups is 6. The molecule has 80 heavy (non-hydrogen) atoms. The predicted molar refractivity (Wildman–Crippen MR) is 282 cm³/mol. The lowest BCUT2D eigenvalue weighted by molar-refractivity contribution is -0.688. The minimum atomic E-state index is -3.67. The number of carboxylic acids is 1. The second kappa shape index (κ2) is 28.2. The molecule has 2 fully saturated rings. The van der Waals surface area contributed by atoms with Gasteiger partial charge in [0.15, 0.2) is 40.7 Å². The number of rotatable bonds is 29. The van der Waals surface area contributed by atoms with E-state index in [2.05, 4.69) is 15.6 Å². The van der Waals surface area contributed by atoms with Crippen molar-refractivity contribution in [3.05, 3.63) is 125 Å². The van der Waals surface area contributed by atoms with Crippen LogP contribution in [-0.2, 0) is 71.5 Å². The molecule has 2 saturated heterocycles. The zero-order valence-electron chi connectivity index (χ0n) is 44.5. The van der Waals surface area contributed by atoms with E-state index in [0.717, 1.165) is 11.1 Å². The van der Waals surface area contributed by atoms with Gasteiger partial charge in [-0.15, -0.1) is 0 Å². The van der Waals surface area contributed by atoms with Crippen LogP contribution in [0.3, 0.4) is 0 Å². The van der Waals surface area contributed by atoms with Gasteiger partial charge in [-0.05, 0) is 68.8 Å². The van der Waals surface area contributed by atoms with E-state index in [-0.39, 0.29) is 142 Å². The number of sulfone groups is 1. The summed E-state index contributed by atoms with van der Waals surface area (Å²) in [6.45, 7) is 6.90. The Hall–Kier alpha value is -7.29. The number of carbonyl (C=O) groups excluding carboxylic acids is 5. The van der Waals surface area contributed by atoms with Gasteiger partial charge in [-0.1, -0.05) is 36.8 Å². The molecular weight excluding hydrogens is 1060 g/mol. The second-order valence-electron chi connectivity index (χ2n) is 19.4. The lowest BCUT2D eigenvalue weighted by Gasteiger charge is -2.38. The number of nitrogens with one attached hydrogen (secondary N) is 2. The number of pyridine rings is 1. The molecule has 23 nitrogen and oxygen atoms in total. The Kier molecular flexibility index (Phi) is 21.3. The van der Waals surface area contributed by atoms with Crippen LogP contribution in [0.1, 0.15) is 71.1 Å². The number of anilines is 1. The molecule has 24 heteroatoms. The Bertz CT molecular complexity index is 3100. The fourth-order valence-electron chi connectivity index (χ4n) is 8.64. The van der Waals surface area contributed by atoms with Gasteiger partial charge in [0, 0.05) is 66.5 Å². The highest BCUT2D eigenvalue weighted by Gasteiger charge is 2.48. The number of hydrogen-bond acceptors (Lipinski definition) is 18. The molecule has 4 amide bonds. The van der Waals surface area contributed by atoms with E-state index in [9.17, 15) is 57.6 Å². The number of oxazole rings is 1. The Morgan fingerprint density at radius 1 is 0.812 bits per heavy atom. The summed E-state index contributed by atoms with van der Waals surface area (Å²) in [5.74, 6) is -3.16. The van der Waals surface area contributed by atoms with Crippen LogP contribution < -0.4 is 19.9 Å². The van der Waals surface area contributed by atoms with Crippen molar-refractivity contribution in [3.8, 4) is 17.2 Å². The van der Waals surface area contributed by atoms with E-state index < -0.39 is 52.4 Å². The monoisotopic (exact) mass is 1130 g/mol. The van der Waals surface area contributed by atoms with Gasteiger partial charge in [0.2, 0.25) is 35.8 Å². The molecule has 5 aromatic rings. The van der Waals surface area contributed by atoms with Crippen LogP contribution in [0.15, 0.2) is 101 Å². The Labute approximate surface area is 461 Å². The fourth-order valence-corrected chi connectivity index (χ4v) is 9.99. The fraction of sp³-hybridized carbons (Fsp3) is 0.429. The summed E-state index contributed by atoms with van der Waals surface area (Å²) in [6.07, 6.45) is -5.25. The van der Waals surface area contributed by atoms with Crippen molar-refractivity contribution in [2.45, 2.75) is 101 Å². The van der Waals surface area contributed by atoms with Crippen LogP contribution in [0.2, 0.25) is 0 Å². The SMILES string of the molecule is Cc1ccc(S(=O)(=O)Cc2nc(-c3ccc(C(=O)CCc4ccc[n+](Cc5ccc(O[C@@H]6O[C@H](C(=O)O)[C@@H](O)[C@H](O)[C@H]6O)c(NC(=O)CCNC(=O)CCOCCOCCOCCN6C(=O)CC(C)C6=O)c5)c4)cc3)oc2C)cc1. The first-order chi connectivity index (χ1) is 38.3. The number of benzene rings is 3. The molecule has 3 aromatic carbocycles. The van der Waals surface area contributed by atoms with E-state index >= 15 is 0 Å². The molecule has 2 aliphatic rings. The average Bonchev–Trinajstić information content (AvgIpc) is 3.95. The van der Waals surface area contributed by atoms with Gasteiger partial charge < -0.3 is 59.2 Å². The Balaban J connectivity index is 0.887. The van der Waals surface area contributed by atoms with Gasteiger partial charge in [0.1, 0.15) is 35.6 Å². The molecule has 2 aliphatic heterocycles. The van der Waals surface area contributed by atoms with Crippen LogP contribution >= 0.6 is 0 Å². The van der Waals surface area contributed by atoms with Gasteiger partial charge >= 0.3 is 5.97 Å². The topological polar surface area (TPSA) is 321 Å². The number of aliphatic hydroxyl groups excluding tert-OH is 3. The Morgan fingerprint density at radius 3 is 2.20 bits per heavy atom. The second-order valence-corrected chi connectivity index (χ2v) is 21.4. The number of ether oxygens (including phenoxy) is 5. The van der Waals surface area contributed by atoms with Gasteiger partial charge in [-0.2, -0.15) is 0 Å². The molecule has 0 spiro atoms. The minimum absolute atomic E-state index is 0.00368. The summed E-state index contributed by atoms with van der Waals surface area (Å²) < 4.78 is 61.4. The third-order valence-corrected chi connectivity index (χ3v) is 14.8. The third kappa shape index (κ3) is 16.6. The number of nitrogens with zero attached hydrogens (tertiary/aromatic N) is 3. The Morgan fingerprint density at radius 2 is 1.51 bits per heavy atom. The molecule has 0 bridgehead atoms. The van der Waals surface area contributed by atoms with E-state index in [0.29, 0.717) is 34.6 Å². The molecule has 4 heterocycles. The quantitative estimate of drug-likeness (QED) is 0.0173. The lowest BCUT2D eigenvalue weighted by Crippen LogP contribution is -2.61. The average molecular weight is 1130 g/mol. The number of Topliss-reactive ketones (excluding diaryl/α,β-unsaturated/α-hetero) is 1. The molecule has 0 saturated carbocycles. The van der Waals surface area contributed by atoms with Crippen molar-refractivity contribution >= 4 is 50.9 Å². The van der Waals surface area contributed by atoms with Gasteiger partial charge in [0.05, 0.1) is 62.5 Å². The minimum Gasteiger partial charge on any atom is -0.479 e. The van der Waals surface area contributed by atoms with Gasteiger partial charge in [-0.3, -0.25) is 28.9 Å². The molecule has 6 atom stereocenters. The van der Waals surface area contributed by atoms with Crippen LogP contribution in [-0.4, -0.2) is 158 Å². The molecule has 2 aromatic heterocycles. The lowest BCUT2D eigenvalue weighted by atomic mass is 9.99. The van der Waals surface area contributed by atoms with Crippen molar-refractivity contribution in [1.82, 2.24) is 15.2 Å². The van der Waals surface area contributed by atoms with E-state index in [4.69, 9.17) is 28.1 Å². The molecule has 1 unspecified atom stereocenters. The zero-order valence-corrected chi connectivity index (χ0v) is 45.3. The first-order valence-corrected chi connectivity index (χ1v) is 27.6. The summed E-state index contributed by atoms with van der Waals surface area (Å²) in [4.78, 5) is 80.7. The largest absolute Gasteiger partial charge is 0.479 e. The van der Waals surface area contributed by atoms with Crippen molar-refractivity contribution in [2.75, 3.05) is 58.0 Å². The summed E-state index contributed by atoms with van der Waals surface area (Å²) in [6, 6.07) is 21.7. The smallest absolute Gasteiger partial charge is 0.335 e. The highest BCUT2D eigenvalue weighted by molar-refractivity contribution is 7.90. The summed E-state index contributed by atoms with van der Waals surface area (Å²) >= 11 is 0. The maximum absolute atomic E-state index is 13.4. The number of aromatic nitrogens is 2. The predicted octanol–water partition coefficient (Wildman–Crippen LogP) is 2.63. The van der Waals surface area contributed by atoms with E-state index in [1.54, 1.807) is 80.7 Å². The maximum atomic E-state index is 13.4. The van der Waals surface area contributed by atoms with Gasteiger partial charge in [-0.25, -0.2) is 22.8 Å². The number of amides is 4. The number of likely N-dealkylation sites (tertiary alicyclic amines) is 1. The number of aliphatic carboxylic acids is 1. The number of carboxylic acid groups (broad SMARTS) is 1. The molecule has 6 N–H and O–H groups in total. The number of hydrogen-bond donors (Lipinski definition) is 6. The number of aliphatic hydroxyl groups is 3. The van der Waals surface area contributed by atoms with Crippen LogP contribution in [0.25, 0.3) is 11.5 Å². The van der Waals surface area contributed by atoms with Gasteiger partial charge in [0.25, 0.3) is 0 Å². The first kappa shape index (κ1) is 60.4. The summed E-state index contributed by atoms with van der Waals surface area (Å²) in [7, 11) is -3.67. The number of ketones is 1. The van der Waals surface area contributed by atoms with Crippen LogP contribution in [0, 0.1) is 19.8 Å².